The molecule has 0 aliphatic carbocycles. The zero-order valence-electron chi connectivity index (χ0n) is 25.5. The van der Waals surface area contributed by atoms with E-state index >= 15 is 0 Å². The predicted molar refractivity (Wildman–Crippen MR) is 191 cm³/mol. The Morgan fingerprint density at radius 3 is 1.74 bits per heavy atom. The van der Waals surface area contributed by atoms with E-state index < -0.39 is 0 Å². The number of aliphatic imine (C=N–C) groups is 2. The molecule has 2 aliphatic rings. The molecule has 0 fully saturated rings. The molecule has 5 heteroatoms. The van der Waals surface area contributed by atoms with Gasteiger partial charge in [0.25, 0.3) is 0 Å². The van der Waals surface area contributed by atoms with Gasteiger partial charge >= 0.3 is 0 Å². The molecule has 6 aromatic carbocycles. The number of hydrogen-bond donors (Lipinski definition) is 2. The first-order valence-corrected chi connectivity index (χ1v) is 15.7. The normalized spacial score (nSPS) is 15.8. The van der Waals surface area contributed by atoms with Crippen LogP contribution in [0.3, 0.4) is 0 Å². The van der Waals surface area contributed by atoms with Crippen molar-refractivity contribution in [2.45, 2.75) is 19.3 Å². The quantitative estimate of drug-likeness (QED) is 0.202. The van der Waals surface area contributed by atoms with Crippen LogP contribution in [0.4, 0.5) is 17.1 Å². The average molecular weight is 596 g/mol. The summed E-state index contributed by atoms with van der Waals surface area (Å²) >= 11 is 0. The Morgan fingerprint density at radius 2 is 1.04 bits per heavy atom. The second-order valence-corrected chi connectivity index (χ2v) is 11.6. The van der Waals surface area contributed by atoms with E-state index in [2.05, 4.69) is 144 Å². The lowest BCUT2D eigenvalue weighted by molar-refractivity contribution is 0.756. The number of amidine groups is 2. The summed E-state index contributed by atoms with van der Waals surface area (Å²) < 4.78 is 0. The van der Waals surface area contributed by atoms with E-state index in [9.17, 15) is 0 Å². The van der Waals surface area contributed by atoms with Gasteiger partial charge in [-0.2, -0.15) is 0 Å². The Hall–Kier alpha value is -5.94. The Morgan fingerprint density at radius 1 is 0.500 bits per heavy atom. The van der Waals surface area contributed by atoms with Crippen molar-refractivity contribution in [1.82, 2.24) is 5.32 Å². The number of rotatable bonds is 6. The van der Waals surface area contributed by atoms with Crippen molar-refractivity contribution in [2.75, 3.05) is 10.2 Å². The van der Waals surface area contributed by atoms with Crippen LogP contribution in [0.5, 0.6) is 0 Å². The Balaban J connectivity index is 1.22. The molecule has 0 amide bonds. The van der Waals surface area contributed by atoms with E-state index in [1.54, 1.807) is 0 Å². The molecule has 0 bridgehead atoms. The predicted octanol–water partition coefficient (Wildman–Crippen LogP) is 9.43. The largest absolute Gasteiger partial charge is 0.363 e. The first-order chi connectivity index (χ1) is 22.7. The van der Waals surface area contributed by atoms with Crippen LogP contribution in [0.1, 0.15) is 29.8 Å². The average Bonchev–Trinajstić information content (AvgIpc) is 3.47. The highest BCUT2D eigenvalue weighted by Gasteiger charge is 2.28. The van der Waals surface area contributed by atoms with Crippen molar-refractivity contribution in [1.29, 1.82) is 0 Å². The number of nitrogens with one attached hydrogen (secondary N) is 2. The van der Waals surface area contributed by atoms with Crippen LogP contribution in [0, 0.1) is 0 Å². The lowest BCUT2D eigenvalue weighted by Gasteiger charge is -2.27. The molecule has 2 heterocycles. The highest BCUT2D eigenvalue weighted by Crippen LogP contribution is 2.45. The molecule has 2 aliphatic heterocycles. The molecule has 1 atom stereocenters. The molecule has 0 saturated carbocycles. The van der Waals surface area contributed by atoms with E-state index in [4.69, 9.17) is 9.98 Å². The minimum atomic E-state index is -0.390. The maximum absolute atomic E-state index is 5.11. The highest BCUT2D eigenvalue weighted by molar-refractivity contribution is 6.15. The van der Waals surface area contributed by atoms with Crippen molar-refractivity contribution in [3.05, 3.63) is 174 Å². The van der Waals surface area contributed by atoms with Crippen LogP contribution in [0.15, 0.2) is 168 Å². The molecular formula is C41H33N5. The Kier molecular flexibility index (Phi) is 7.12. The Labute approximate surface area is 269 Å². The number of anilines is 3. The molecule has 0 spiro atoms. The third-order valence-corrected chi connectivity index (χ3v) is 8.63. The summed E-state index contributed by atoms with van der Waals surface area (Å²) in [4.78, 5) is 12.6. The van der Waals surface area contributed by atoms with Crippen molar-refractivity contribution in [2.24, 2.45) is 9.98 Å². The second-order valence-electron chi connectivity index (χ2n) is 11.6. The van der Waals surface area contributed by atoms with Gasteiger partial charge in [0.1, 0.15) is 17.8 Å². The van der Waals surface area contributed by atoms with E-state index in [-0.39, 0.29) is 12.3 Å². The molecular weight excluding hydrogens is 562 g/mol. The topological polar surface area (TPSA) is 52.0 Å². The van der Waals surface area contributed by atoms with Crippen LogP contribution in [0.2, 0.25) is 0 Å². The SMILES string of the molecule is CC1Nc2ccccc2N1c1ccccc1-c1ccccc1-c1cccc(C2N=C(c3ccccc3)NC(c3ccccc3)=N2)c1. The van der Waals surface area contributed by atoms with Gasteiger partial charge < -0.3 is 15.5 Å². The van der Waals surface area contributed by atoms with Crippen molar-refractivity contribution < 1.29 is 0 Å². The fourth-order valence-corrected chi connectivity index (χ4v) is 6.48. The van der Waals surface area contributed by atoms with E-state index in [0.717, 1.165) is 39.6 Å². The third-order valence-electron chi connectivity index (χ3n) is 8.63. The molecule has 0 radical (unpaired) electrons. The summed E-state index contributed by atoms with van der Waals surface area (Å²) in [6.45, 7) is 2.21. The minimum absolute atomic E-state index is 0.127. The first kappa shape index (κ1) is 27.6. The van der Waals surface area contributed by atoms with Gasteiger partial charge in [0, 0.05) is 16.7 Å². The fourth-order valence-electron chi connectivity index (χ4n) is 6.48. The molecule has 0 saturated heterocycles. The van der Waals surface area contributed by atoms with Crippen molar-refractivity contribution >= 4 is 28.7 Å². The molecule has 8 rings (SSSR count). The van der Waals surface area contributed by atoms with Gasteiger partial charge in [-0.1, -0.05) is 133 Å². The third kappa shape index (κ3) is 5.12. The lowest BCUT2D eigenvalue weighted by atomic mass is 9.92. The Bertz CT molecular complexity index is 2030. The van der Waals surface area contributed by atoms with E-state index in [1.165, 1.54) is 28.1 Å². The molecule has 6 aromatic rings. The lowest BCUT2D eigenvalue weighted by Crippen LogP contribution is -2.35. The summed E-state index contributed by atoms with van der Waals surface area (Å²) in [5.41, 5.74) is 11.3. The number of nitrogens with zero attached hydrogens (tertiary/aromatic N) is 3. The number of benzene rings is 6. The standard InChI is InChI=1S/C41H33N5/c1-28-42-36-24-11-13-26-38(36)46(28)37-25-12-10-23-35(37)34-22-9-8-21-33(34)31-19-14-20-32(27-31)41-44-39(29-15-4-2-5-16-29)43-40(45-41)30-17-6-3-7-18-30/h2-28,41-42H,1H3,(H,43,44,45). The molecule has 2 N–H and O–H groups in total. The summed E-state index contributed by atoms with van der Waals surface area (Å²) in [7, 11) is 0. The summed E-state index contributed by atoms with van der Waals surface area (Å²) in [5, 5.41) is 7.14. The highest BCUT2D eigenvalue weighted by atomic mass is 15.3. The summed E-state index contributed by atoms with van der Waals surface area (Å²) in [6, 6.07) is 55.1. The summed E-state index contributed by atoms with van der Waals surface area (Å²) in [6.07, 6.45) is -0.263. The molecule has 222 valence electrons. The minimum Gasteiger partial charge on any atom is -0.363 e. The maximum atomic E-state index is 5.11. The smallest absolute Gasteiger partial charge is 0.169 e. The van der Waals surface area contributed by atoms with Crippen LogP contribution < -0.4 is 15.5 Å². The van der Waals surface area contributed by atoms with Crippen molar-refractivity contribution in [3.63, 3.8) is 0 Å². The van der Waals surface area contributed by atoms with Gasteiger partial charge in [-0.3, -0.25) is 0 Å². The monoisotopic (exact) mass is 595 g/mol. The van der Waals surface area contributed by atoms with Crippen LogP contribution in [-0.2, 0) is 0 Å². The number of hydrogen-bond acceptors (Lipinski definition) is 5. The molecule has 5 nitrogen and oxygen atoms in total. The summed E-state index contributed by atoms with van der Waals surface area (Å²) in [5.74, 6) is 1.63. The van der Waals surface area contributed by atoms with Crippen LogP contribution in [-0.4, -0.2) is 17.8 Å². The maximum Gasteiger partial charge on any atom is 0.169 e. The second kappa shape index (κ2) is 11.9. The zero-order valence-corrected chi connectivity index (χ0v) is 25.5. The molecule has 46 heavy (non-hydrogen) atoms. The van der Waals surface area contributed by atoms with E-state index in [0.29, 0.717) is 0 Å². The van der Waals surface area contributed by atoms with E-state index in [1.807, 2.05) is 36.4 Å². The molecule has 1 unspecified atom stereocenters. The van der Waals surface area contributed by atoms with Gasteiger partial charge in [0.05, 0.1) is 17.1 Å². The number of para-hydroxylation sites is 3. The van der Waals surface area contributed by atoms with Gasteiger partial charge in [-0.15, -0.1) is 0 Å². The van der Waals surface area contributed by atoms with Gasteiger partial charge in [0.15, 0.2) is 6.17 Å². The van der Waals surface area contributed by atoms with Gasteiger partial charge in [-0.25, -0.2) is 9.98 Å². The zero-order chi connectivity index (χ0) is 30.9. The number of fused-ring (bicyclic) bond motifs is 1. The van der Waals surface area contributed by atoms with Crippen LogP contribution >= 0.6 is 0 Å². The molecule has 0 aromatic heterocycles. The first-order valence-electron chi connectivity index (χ1n) is 15.7. The van der Waals surface area contributed by atoms with Crippen LogP contribution in [0.25, 0.3) is 22.3 Å². The van der Waals surface area contributed by atoms with Gasteiger partial charge in [0.2, 0.25) is 0 Å². The van der Waals surface area contributed by atoms with Crippen molar-refractivity contribution in [3.8, 4) is 22.3 Å². The fraction of sp³-hybridized carbons (Fsp3) is 0.0732. The van der Waals surface area contributed by atoms with Gasteiger partial charge in [-0.05, 0) is 53.4 Å².